The highest BCUT2D eigenvalue weighted by molar-refractivity contribution is 5.94. The van der Waals surface area contributed by atoms with Gasteiger partial charge in [0.25, 0.3) is 0 Å². The second kappa shape index (κ2) is 16.6. The molecule has 3 aliphatic carbocycles. The minimum absolute atomic E-state index is 0.0725. The summed E-state index contributed by atoms with van der Waals surface area (Å²) in [5.41, 5.74) is 28.5. The third kappa shape index (κ3) is 6.42. The van der Waals surface area contributed by atoms with Gasteiger partial charge in [0.15, 0.2) is 0 Å². The van der Waals surface area contributed by atoms with E-state index in [2.05, 4.69) is 293 Å². The van der Waals surface area contributed by atoms with E-state index in [0.717, 1.165) is 17.1 Å². The smallest absolute Gasteiger partial charge is 0.0714 e. The highest BCUT2D eigenvalue weighted by atomic mass is 15.1. The van der Waals surface area contributed by atoms with Crippen molar-refractivity contribution in [2.45, 2.75) is 43.9 Å². The highest BCUT2D eigenvalue weighted by Crippen LogP contribution is 2.58. The van der Waals surface area contributed by atoms with E-state index in [9.17, 15) is 0 Å². The van der Waals surface area contributed by atoms with Crippen LogP contribution in [0, 0.1) is 0 Å². The fraction of sp³-hybridized carbons (Fsp3) is 0.0959. The first-order valence-electron chi connectivity index (χ1n) is 26.2. The largest absolute Gasteiger partial charge is 0.310 e. The van der Waals surface area contributed by atoms with Crippen molar-refractivity contribution in [3.63, 3.8) is 0 Å². The summed E-state index contributed by atoms with van der Waals surface area (Å²) in [5, 5.41) is 0. The molecule has 0 saturated heterocycles. The van der Waals surface area contributed by atoms with Gasteiger partial charge in [0.1, 0.15) is 0 Å². The molecule has 0 heterocycles. The Balaban J connectivity index is 0.916. The zero-order valence-corrected chi connectivity index (χ0v) is 42.3. The van der Waals surface area contributed by atoms with Crippen LogP contribution in [0.5, 0.6) is 0 Å². The Morgan fingerprint density at radius 1 is 0.243 bits per heavy atom. The van der Waals surface area contributed by atoms with Crippen molar-refractivity contribution >= 4 is 17.1 Å². The summed E-state index contributed by atoms with van der Waals surface area (Å²) in [6, 6.07) is 97.6. The average molecular weight is 946 g/mol. The van der Waals surface area contributed by atoms with Crippen LogP contribution < -0.4 is 4.90 Å². The lowest BCUT2D eigenvalue weighted by Gasteiger charge is -2.35. The minimum atomic E-state index is -0.526. The monoisotopic (exact) mass is 945 g/mol. The van der Waals surface area contributed by atoms with Crippen LogP contribution in [-0.2, 0) is 16.2 Å². The van der Waals surface area contributed by atoms with Crippen molar-refractivity contribution < 1.29 is 0 Å². The van der Waals surface area contributed by atoms with E-state index in [1.807, 2.05) is 0 Å². The van der Waals surface area contributed by atoms with Crippen molar-refractivity contribution in [3.05, 3.63) is 305 Å². The van der Waals surface area contributed by atoms with Gasteiger partial charge in [0.2, 0.25) is 0 Å². The Morgan fingerprint density at radius 3 is 1.27 bits per heavy atom. The summed E-state index contributed by atoms with van der Waals surface area (Å²) in [6.45, 7) is 9.48. The van der Waals surface area contributed by atoms with E-state index in [1.54, 1.807) is 0 Å². The quantitative estimate of drug-likeness (QED) is 0.147. The Kier molecular flexibility index (Phi) is 9.88. The van der Waals surface area contributed by atoms with Gasteiger partial charge in [0.05, 0.1) is 5.41 Å². The SMILES string of the molecule is CC1(C)c2ccccc2-c2ccc(-c3ccc(N(c4ccc(-c5ccccc5-c5cccc6c5C(C)(C)c5ccccc5-6)cc4)c4ccc5c(c4)C(c4ccccc4)(c4ccccc4)c4ccccc4-5)cc3)cc21. The van der Waals surface area contributed by atoms with E-state index < -0.39 is 5.41 Å². The molecule has 0 fully saturated rings. The Labute approximate surface area is 435 Å². The van der Waals surface area contributed by atoms with Gasteiger partial charge in [0, 0.05) is 27.9 Å². The lowest BCUT2D eigenvalue weighted by Crippen LogP contribution is -2.28. The van der Waals surface area contributed by atoms with E-state index >= 15 is 0 Å². The van der Waals surface area contributed by atoms with Crippen LogP contribution in [0.2, 0.25) is 0 Å². The van der Waals surface area contributed by atoms with Crippen LogP contribution >= 0.6 is 0 Å². The highest BCUT2D eigenvalue weighted by Gasteiger charge is 2.46. The van der Waals surface area contributed by atoms with E-state index in [1.165, 1.54) is 111 Å². The maximum absolute atomic E-state index is 2.47. The molecule has 0 amide bonds. The number of nitrogens with zero attached hydrogens (tertiary/aromatic N) is 1. The predicted octanol–water partition coefficient (Wildman–Crippen LogP) is 19.1. The fourth-order valence-corrected chi connectivity index (χ4v) is 13.5. The summed E-state index contributed by atoms with van der Waals surface area (Å²) in [4.78, 5) is 2.45. The molecule has 352 valence electrons. The van der Waals surface area contributed by atoms with Crippen molar-refractivity contribution in [2.75, 3.05) is 4.90 Å². The zero-order chi connectivity index (χ0) is 49.8. The molecular weight excluding hydrogens is 891 g/mol. The third-order valence-electron chi connectivity index (χ3n) is 17.0. The van der Waals surface area contributed by atoms with Crippen LogP contribution in [-0.4, -0.2) is 0 Å². The van der Waals surface area contributed by atoms with Gasteiger partial charge in [-0.15, -0.1) is 0 Å². The van der Waals surface area contributed by atoms with Crippen LogP contribution in [0.1, 0.15) is 72.2 Å². The molecule has 3 aliphatic rings. The van der Waals surface area contributed by atoms with Crippen LogP contribution in [0.4, 0.5) is 17.1 Å². The molecule has 0 N–H and O–H groups in total. The summed E-state index contributed by atoms with van der Waals surface area (Å²) in [7, 11) is 0. The second-order valence-corrected chi connectivity index (χ2v) is 21.6. The van der Waals surface area contributed by atoms with Gasteiger partial charge in [-0.1, -0.05) is 246 Å². The normalized spacial score (nSPS) is 14.5. The summed E-state index contributed by atoms with van der Waals surface area (Å²) >= 11 is 0. The molecule has 0 bridgehead atoms. The number of hydrogen-bond donors (Lipinski definition) is 0. The molecule has 0 radical (unpaired) electrons. The Morgan fingerprint density at radius 2 is 0.649 bits per heavy atom. The molecule has 0 spiro atoms. The Bertz CT molecular complexity index is 3950. The predicted molar refractivity (Wildman–Crippen MR) is 310 cm³/mol. The standard InChI is InChI=1S/C73H55N/c1-71(2)65-31-16-13-26-58(65)61-44-38-50(46-68(61)71)48-34-39-53(40-35-48)74(55-43-45-62-59-27-15-18-33-67(59)73(69(62)47-55,51-20-7-5-8-21-51)52-22-9-6-10-23-52)54-41-36-49(37-42-54)56-24-11-12-25-57(56)63-29-19-30-64-60-28-14-17-32-66(60)72(3,4)70(63)64/h5-47H,1-4H3. The molecule has 1 nitrogen and oxygen atoms in total. The van der Waals surface area contributed by atoms with Gasteiger partial charge in [-0.2, -0.15) is 0 Å². The van der Waals surface area contributed by atoms with Crippen molar-refractivity contribution in [1.82, 2.24) is 0 Å². The van der Waals surface area contributed by atoms with Crippen LogP contribution in [0.25, 0.3) is 66.8 Å². The number of rotatable bonds is 8. The fourth-order valence-electron chi connectivity index (χ4n) is 13.5. The summed E-state index contributed by atoms with van der Waals surface area (Å²) in [6.07, 6.45) is 0. The number of hydrogen-bond acceptors (Lipinski definition) is 1. The average Bonchev–Trinajstić information content (AvgIpc) is 3.98. The molecule has 14 rings (SSSR count). The molecule has 1 heteroatoms. The van der Waals surface area contributed by atoms with E-state index in [0.29, 0.717) is 0 Å². The first-order valence-corrected chi connectivity index (χ1v) is 26.2. The number of benzene rings is 11. The summed E-state index contributed by atoms with van der Waals surface area (Å²) in [5.74, 6) is 0. The number of fused-ring (bicyclic) bond motifs is 9. The zero-order valence-electron chi connectivity index (χ0n) is 42.3. The molecule has 0 unspecified atom stereocenters. The maximum atomic E-state index is 2.47. The first-order chi connectivity index (χ1) is 36.2. The second-order valence-electron chi connectivity index (χ2n) is 21.6. The van der Waals surface area contributed by atoms with Crippen molar-refractivity contribution in [1.29, 1.82) is 0 Å². The third-order valence-corrected chi connectivity index (χ3v) is 17.0. The minimum Gasteiger partial charge on any atom is -0.310 e. The molecule has 0 aromatic heterocycles. The van der Waals surface area contributed by atoms with Gasteiger partial charge in [-0.3, -0.25) is 0 Å². The molecule has 0 aliphatic heterocycles. The maximum Gasteiger partial charge on any atom is 0.0714 e. The molecule has 0 saturated carbocycles. The molecule has 74 heavy (non-hydrogen) atoms. The molecule has 0 atom stereocenters. The lowest BCUT2D eigenvalue weighted by atomic mass is 9.67. The first kappa shape index (κ1) is 44.0. The lowest BCUT2D eigenvalue weighted by molar-refractivity contribution is 0.660. The summed E-state index contributed by atoms with van der Waals surface area (Å²) < 4.78 is 0. The topological polar surface area (TPSA) is 3.24 Å². The van der Waals surface area contributed by atoms with Gasteiger partial charge in [-0.05, 0) is 154 Å². The molecule has 11 aromatic carbocycles. The molecular formula is C73H55N. The van der Waals surface area contributed by atoms with Crippen LogP contribution in [0.3, 0.4) is 0 Å². The van der Waals surface area contributed by atoms with Gasteiger partial charge >= 0.3 is 0 Å². The van der Waals surface area contributed by atoms with Crippen molar-refractivity contribution in [3.8, 4) is 66.8 Å². The number of anilines is 3. The van der Waals surface area contributed by atoms with Gasteiger partial charge < -0.3 is 4.90 Å². The van der Waals surface area contributed by atoms with Crippen LogP contribution in [0.15, 0.2) is 261 Å². The van der Waals surface area contributed by atoms with E-state index in [4.69, 9.17) is 0 Å². The van der Waals surface area contributed by atoms with Gasteiger partial charge in [-0.25, -0.2) is 0 Å². The Hall–Kier alpha value is -8.78. The van der Waals surface area contributed by atoms with Crippen molar-refractivity contribution in [2.24, 2.45) is 0 Å². The van der Waals surface area contributed by atoms with E-state index in [-0.39, 0.29) is 10.8 Å². The molecule has 11 aromatic rings.